The minimum absolute atomic E-state index is 0. The lowest BCUT2D eigenvalue weighted by molar-refractivity contribution is 0.199. The van der Waals surface area contributed by atoms with Gasteiger partial charge in [-0.3, -0.25) is 4.90 Å². The summed E-state index contributed by atoms with van der Waals surface area (Å²) in [5.74, 6) is -0.191. The molecule has 0 radical (unpaired) electrons. The Morgan fingerprint density at radius 2 is 2.24 bits per heavy atom. The van der Waals surface area contributed by atoms with Crippen molar-refractivity contribution in [2.24, 2.45) is 5.73 Å². The van der Waals surface area contributed by atoms with E-state index in [2.05, 4.69) is 4.90 Å². The second kappa shape index (κ2) is 6.55. The normalized spacial score (nSPS) is 21.0. The van der Waals surface area contributed by atoms with E-state index in [1.165, 1.54) is 6.07 Å². The molecule has 0 aromatic heterocycles. The van der Waals surface area contributed by atoms with Gasteiger partial charge in [0.1, 0.15) is 5.82 Å². The summed E-state index contributed by atoms with van der Waals surface area (Å²) in [4.78, 5) is 2.18. The largest absolute Gasteiger partial charge is 0.327 e. The number of nitrogens with two attached hydrogens (primary N) is 1. The second-order valence-corrected chi connectivity index (χ2v) is 4.81. The fourth-order valence-corrected chi connectivity index (χ4v) is 2.33. The minimum Gasteiger partial charge on any atom is -0.327 e. The fraction of sp³-hybridized carbons (Fsp3) is 0.500. The molecule has 1 atom stereocenters. The summed E-state index contributed by atoms with van der Waals surface area (Å²) >= 11 is 5.85. The van der Waals surface area contributed by atoms with Crippen LogP contribution in [0.5, 0.6) is 0 Å². The van der Waals surface area contributed by atoms with Crippen LogP contribution < -0.4 is 5.73 Å². The molecule has 0 spiro atoms. The molecule has 5 heteroatoms. The van der Waals surface area contributed by atoms with Crippen LogP contribution in [0.25, 0.3) is 0 Å². The molecule has 2 N–H and O–H groups in total. The molecular weight excluding hydrogens is 262 g/mol. The van der Waals surface area contributed by atoms with Crippen molar-refractivity contribution >= 4 is 24.0 Å². The van der Waals surface area contributed by atoms with E-state index in [4.69, 9.17) is 17.3 Å². The third kappa shape index (κ3) is 4.11. The molecule has 0 amide bonds. The third-order valence-corrected chi connectivity index (χ3v) is 3.18. The number of nitrogens with zero attached hydrogens (tertiary/aromatic N) is 1. The van der Waals surface area contributed by atoms with Gasteiger partial charge in [0.2, 0.25) is 0 Å². The van der Waals surface area contributed by atoms with Gasteiger partial charge >= 0.3 is 0 Å². The van der Waals surface area contributed by atoms with Crippen molar-refractivity contribution in [3.8, 4) is 0 Å². The van der Waals surface area contributed by atoms with Gasteiger partial charge in [-0.25, -0.2) is 4.39 Å². The highest BCUT2D eigenvalue weighted by molar-refractivity contribution is 6.30. The molecule has 0 saturated carbocycles. The Morgan fingerprint density at radius 1 is 1.47 bits per heavy atom. The zero-order valence-electron chi connectivity index (χ0n) is 9.53. The summed E-state index contributed by atoms with van der Waals surface area (Å²) in [6.45, 7) is 2.42. The number of rotatable bonds is 2. The molecule has 2 rings (SSSR count). The van der Waals surface area contributed by atoms with E-state index in [0.29, 0.717) is 17.1 Å². The van der Waals surface area contributed by atoms with E-state index in [1.54, 1.807) is 12.1 Å². The van der Waals surface area contributed by atoms with E-state index >= 15 is 0 Å². The Bertz CT molecular complexity index is 374. The number of piperidine rings is 1. The molecule has 17 heavy (non-hydrogen) atoms. The topological polar surface area (TPSA) is 29.3 Å². The molecule has 1 aliphatic heterocycles. The average molecular weight is 279 g/mol. The molecule has 0 bridgehead atoms. The highest BCUT2D eigenvalue weighted by Crippen LogP contribution is 2.18. The van der Waals surface area contributed by atoms with Gasteiger partial charge in [0.05, 0.1) is 0 Å². The Labute approximate surface area is 112 Å². The standard InChI is InChI=1S/C12H16ClFN2.ClH/c13-10-3-4-12(14)9(6-10)7-16-5-1-2-11(15)8-16;/h3-4,6,11H,1-2,5,7-8,15H2;1H/t11-;/m1./s1. The van der Waals surface area contributed by atoms with Crippen LogP contribution in [0.1, 0.15) is 18.4 Å². The minimum atomic E-state index is -0.191. The van der Waals surface area contributed by atoms with Crippen molar-refractivity contribution in [2.75, 3.05) is 13.1 Å². The number of hydrogen-bond acceptors (Lipinski definition) is 2. The highest BCUT2D eigenvalue weighted by atomic mass is 35.5. The first-order chi connectivity index (χ1) is 7.65. The quantitative estimate of drug-likeness (QED) is 0.902. The van der Waals surface area contributed by atoms with Crippen molar-refractivity contribution in [3.05, 3.63) is 34.6 Å². The van der Waals surface area contributed by atoms with Gasteiger partial charge in [-0.15, -0.1) is 12.4 Å². The maximum absolute atomic E-state index is 13.5. The summed E-state index contributed by atoms with van der Waals surface area (Å²) in [5.41, 5.74) is 6.54. The van der Waals surface area contributed by atoms with Crippen LogP contribution in [0.3, 0.4) is 0 Å². The van der Waals surface area contributed by atoms with Crippen LogP contribution in [-0.4, -0.2) is 24.0 Å². The molecule has 1 fully saturated rings. The molecule has 1 heterocycles. The Hall–Kier alpha value is -0.350. The van der Waals surface area contributed by atoms with Gasteiger partial charge in [0.15, 0.2) is 0 Å². The van der Waals surface area contributed by atoms with E-state index in [1.807, 2.05) is 0 Å². The Kier molecular flexibility index (Phi) is 5.67. The van der Waals surface area contributed by atoms with Crippen molar-refractivity contribution in [1.82, 2.24) is 4.90 Å². The first-order valence-corrected chi connectivity index (χ1v) is 5.95. The van der Waals surface area contributed by atoms with Gasteiger partial charge in [-0.2, -0.15) is 0 Å². The van der Waals surface area contributed by atoms with Crippen molar-refractivity contribution in [3.63, 3.8) is 0 Å². The SMILES string of the molecule is Cl.N[C@@H]1CCCN(Cc2cc(Cl)ccc2F)C1. The Balaban J connectivity index is 0.00000144. The first-order valence-electron chi connectivity index (χ1n) is 5.57. The number of halogens is 3. The second-order valence-electron chi connectivity index (χ2n) is 4.37. The predicted molar refractivity (Wildman–Crippen MR) is 71.1 cm³/mol. The molecule has 2 nitrogen and oxygen atoms in total. The maximum Gasteiger partial charge on any atom is 0.127 e. The third-order valence-electron chi connectivity index (χ3n) is 2.94. The molecule has 1 aliphatic rings. The summed E-state index contributed by atoms with van der Waals surface area (Å²) in [6, 6.07) is 4.90. The molecule has 1 saturated heterocycles. The van der Waals surface area contributed by atoms with Gasteiger partial charge < -0.3 is 5.73 Å². The van der Waals surface area contributed by atoms with Gasteiger partial charge in [-0.05, 0) is 37.6 Å². The van der Waals surface area contributed by atoms with E-state index < -0.39 is 0 Å². The molecule has 1 aromatic carbocycles. The lowest BCUT2D eigenvalue weighted by Gasteiger charge is -2.30. The van der Waals surface area contributed by atoms with E-state index in [-0.39, 0.29) is 24.3 Å². The molecule has 96 valence electrons. The van der Waals surface area contributed by atoms with Crippen LogP contribution >= 0.6 is 24.0 Å². The van der Waals surface area contributed by atoms with Gasteiger partial charge in [0, 0.05) is 29.7 Å². The summed E-state index contributed by atoms with van der Waals surface area (Å²) < 4.78 is 13.5. The van der Waals surface area contributed by atoms with Crippen molar-refractivity contribution in [1.29, 1.82) is 0 Å². The smallest absolute Gasteiger partial charge is 0.127 e. The number of hydrogen-bond donors (Lipinski definition) is 1. The molecule has 0 unspecified atom stereocenters. The monoisotopic (exact) mass is 278 g/mol. The molecule has 1 aromatic rings. The summed E-state index contributed by atoms with van der Waals surface area (Å²) in [7, 11) is 0. The predicted octanol–water partition coefficient (Wildman–Crippen LogP) is 2.82. The highest BCUT2D eigenvalue weighted by Gasteiger charge is 2.17. The van der Waals surface area contributed by atoms with Crippen LogP contribution in [0.15, 0.2) is 18.2 Å². The Morgan fingerprint density at radius 3 is 2.94 bits per heavy atom. The lowest BCUT2D eigenvalue weighted by atomic mass is 10.1. The molecular formula is C12H17Cl2FN2. The maximum atomic E-state index is 13.5. The van der Waals surface area contributed by atoms with Crippen LogP contribution in [-0.2, 0) is 6.54 Å². The van der Waals surface area contributed by atoms with Crippen LogP contribution in [0.2, 0.25) is 5.02 Å². The van der Waals surface area contributed by atoms with Crippen molar-refractivity contribution < 1.29 is 4.39 Å². The van der Waals surface area contributed by atoms with Crippen LogP contribution in [0.4, 0.5) is 4.39 Å². The number of likely N-dealkylation sites (tertiary alicyclic amines) is 1. The zero-order valence-corrected chi connectivity index (χ0v) is 11.1. The van der Waals surface area contributed by atoms with Crippen LogP contribution in [0, 0.1) is 5.82 Å². The van der Waals surface area contributed by atoms with Crippen molar-refractivity contribution in [2.45, 2.75) is 25.4 Å². The summed E-state index contributed by atoms with van der Waals surface area (Å²) in [6.07, 6.45) is 2.15. The fourth-order valence-electron chi connectivity index (χ4n) is 2.14. The van der Waals surface area contributed by atoms with E-state index in [9.17, 15) is 4.39 Å². The average Bonchev–Trinajstić information content (AvgIpc) is 2.24. The zero-order chi connectivity index (χ0) is 11.5. The lowest BCUT2D eigenvalue weighted by Crippen LogP contribution is -2.42. The number of benzene rings is 1. The van der Waals surface area contributed by atoms with E-state index in [0.717, 1.165) is 25.9 Å². The first kappa shape index (κ1) is 14.7. The van der Waals surface area contributed by atoms with Gasteiger partial charge in [-0.1, -0.05) is 11.6 Å². The molecule has 0 aliphatic carbocycles. The summed E-state index contributed by atoms with van der Waals surface area (Å²) in [5, 5.41) is 0.581. The van der Waals surface area contributed by atoms with Gasteiger partial charge in [0.25, 0.3) is 0 Å².